The number of hydrogen-bond donors (Lipinski definition) is 5. The molecule has 0 aliphatic rings. The molecule has 0 saturated heterocycles. The predicted molar refractivity (Wildman–Crippen MR) is 274 cm³/mol. The molecule has 6 heteroatoms. The van der Waals surface area contributed by atoms with E-state index in [1.54, 1.807) is 0 Å². The third-order valence-corrected chi connectivity index (χ3v) is 12.4. The van der Waals surface area contributed by atoms with Crippen LogP contribution in [0.1, 0.15) is 264 Å². The van der Waals surface area contributed by atoms with E-state index in [1.165, 1.54) is 173 Å². The molecule has 63 heavy (non-hydrogen) atoms. The Bertz CT molecular complexity index is 1080. The van der Waals surface area contributed by atoms with Gasteiger partial charge in [-0.05, 0) is 96.3 Å². The van der Waals surface area contributed by atoms with E-state index in [2.05, 4.69) is 79.9 Å². The van der Waals surface area contributed by atoms with Crippen molar-refractivity contribution in [1.29, 1.82) is 0 Å². The van der Waals surface area contributed by atoms with Crippen LogP contribution in [0, 0.1) is 0 Å². The van der Waals surface area contributed by atoms with Crippen molar-refractivity contribution in [3.8, 4) is 0 Å². The fourth-order valence-corrected chi connectivity index (χ4v) is 8.11. The second-order valence-corrected chi connectivity index (χ2v) is 18.5. The zero-order chi connectivity index (χ0) is 45.9. The van der Waals surface area contributed by atoms with Gasteiger partial charge in [0, 0.05) is 0 Å². The van der Waals surface area contributed by atoms with Gasteiger partial charge in [0.15, 0.2) is 0 Å². The number of carbonyl (C=O) groups is 1. The average molecular weight is 884 g/mol. The molecular weight excluding hydrogens is 779 g/mol. The van der Waals surface area contributed by atoms with Crippen LogP contribution in [0.3, 0.4) is 0 Å². The van der Waals surface area contributed by atoms with Crippen molar-refractivity contribution < 1.29 is 25.2 Å². The standard InChI is InChI=1S/C57H105NO5/c1-3-5-7-9-11-13-15-17-19-21-23-25-26-27-28-29-31-33-35-37-39-41-43-45-47-49-51-55(61)57(63)58-53(52-59)56(62)54(60)50-48-46-44-42-40-38-36-34-32-30-24-22-20-18-16-14-12-10-8-6-4-2/h22-25,27-28,34,36,42,44,53-56,59-62H,3-21,26,29-33,35,37-41,43,45-52H2,1-2H3,(H,58,63)/b24-22+,25-23-,28-27-,36-34+,44-42+. The minimum absolute atomic E-state index is 0.353. The summed E-state index contributed by atoms with van der Waals surface area (Å²) in [6.45, 7) is 4.05. The first-order valence-electron chi connectivity index (χ1n) is 27.2. The van der Waals surface area contributed by atoms with E-state index in [0.29, 0.717) is 19.3 Å². The topological polar surface area (TPSA) is 110 Å². The van der Waals surface area contributed by atoms with Gasteiger partial charge in [0.25, 0.3) is 0 Å². The lowest BCUT2D eigenvalue weighted by Crippen LogP contribution is -2.53. The molecule has 0 aliphatic carbocycles. The number of hydrogen-bond acceptors (Lipinski definition) is 5. The maximum Gasteiger partial charge on any atom is 0.249 e. The molecule has 0 aromatic rings. The third kappa shape index (κ3) is 45.0. The van der Waals surface area contributed by atoms with E-state index in [9.17, 15) is 25.2 Å². The van der Waals surface area contributed by atoms with Crippen molar-refractivity contribution in [3.05, 3.63) is 60.8 Å². The van der Waals surface area contributed by atoms with Crippen LogP contribution in [0.4, 0.5) is 0 Å². The van der Waals surface area contributed by atoms with Crippen LogP contribution >= 0.6 is 0 Å². The second kappa shape index (κ2) is 51.0. The summed E-state index contributed by atoms with van der Waals surface area (Å²) >= 11 is 0. The van der Waals surface area contributed by atoms with Gasteiger partial charge in [-0.3, -0.25) is 4.79 Å². The van der Waals surface area contributed by atoms with Crippen LogP contribution in [-0.2, 0) is 4.79 Å². The Hall–Kier alpha value is -1.99. The Kier molecular flexibility index (Phi) is 49.4. The zero-order valence-electron chi connectivity index (χ0n) is 41.6. The molecule has 0 radical (unpaired) electrons. The molecule has 0 aromatic carbocycles. The van der Waals surface area contributed by atoms with Gasteiger partial charge in [-0.15, -0.1) is 0 Å². The molecule has 0 heterocycles. The number of allylic oxidation sites excluding steroid dienone is 10. The Morgan fingerprint density at radius 2 is 0.714 bits per heavy atom. The molecule has 0 rings (SSSR count). The fourth-order valence-electron chi connectivity index (χ4n) is 8.11. The van der Waals surface area contributed by atoms with Crippen molar-refractivity contribution >= 4 is 5.91 Å². The number of aliphatic hydroxyl groups is 4. The van der Waals surface area contributed by atoms with Gasteiger partial charge in [-0.2, -0.15) is 0 Å². The van der Waals surface area contributed by atoms with E-state index in [4.69, 9.17) is 0 Å². The maximum atomic E-state index is 12.6. The van der Waals surface area contributed by atoms with Crippen LogP contribution in [0.2, 0.25) is 0 Å². The van der Waals surface area contributed by atoms with Crippen LogP contribution in [0.15, 0.2) is 60.8 Å². The highest BCUT2D eigenvalue weighted by Gasteiger charge is 2.28. The molecule has 4 atom stereocenters. The van der Waals surface area contributed by atoms with Gasteiger partial charge in [-0.25, -0.2) is 0 Å². The van der Waals surface area contributed by atoms with E-state index < -0.39 is 36.9 Å². The van der Waals surface area contributed by atoms with E-state index in [1.807, 2.05) is 0 Å². The lowest BCUT2D eigenvalue weighted by Gasteiger charge is -2.27. The summed E-state index contributed by atoms with van der Waals surface area (Å²) in [5.41, 5.74) is 0. The Labute approximate surface area is 391 Å². The summed E-state index contributed by atoms with van der Waals surface area (Å²) in [5, 5.41) is 43.9. The average Bonchev–Trinajstić information content (AvgIpc) is 3.29. The molecular formula is C57H105NO5. The van der Waals surface area contributed by atoms with Gasteiger partial charge < -0.3 is 25.7 Å². The molecule has 5 N–H and O–H groups in total. The number of rotatable bonds is 49. The zero-order valence-corrected chi connectivity index (χ0v) is 41.6. The Morgan fingerprint density at radius 1 is 0.397 bits per heavy atom. The van der Waals surface area contributed by atoms with Crippen LogP contribution in [-0.4, -0.2) is 57.3 Å². The summed E-state index contributed by atoms with van der Waals surface area (Å²) in [6.07, 6.45) is 65.6. The Morgan fingerprint density at radius 3 is 1.10 bits per heavy atom. The molecule has 0 bridgehead atoms. The minimum Gasteiger partial charge on any atom is -0.394 e. The van der Waals surface area contributed by atoms with Crippen molar-refractivity contribution in [2.24, 2.45) is 0 Å². The molecule has 0 saturated carbocycles. The van der Waals surface area contributed by atoms with Gasteiger partial charge in [0.05, 0.1) is 18.8 Å². The number of amides is 1. The minimum atomic E-state index is -1.30. The van der Waals surface area contributed by atoms with Crippen molar-refractivity contribution in [2.45, 2.75) is 289 Å². The summed E-state index contributed by atoms with van der Waals surface area (Å²) in [6, 6.07) is -1.02. The van der Waals surface area contributed by atoms with Gasteiger partial charge in [0.1, 0.15) is 12.2 Å². The smallest absolute Gasteiger partial charge is 0.249 e. The normalized spacial score (nSPS) is 14.3. The Balaban J connectivity index is 3.74. The van der Waals surface area contributed by atoms with Crippen molar-refractivity contribution in [2.75, 3.05) is 6.61 Å². The fraction of sp³-hybridized carbons (Fsp3) is 0.807. The van der Waals surface area contributed by atoms with E-state index in [0.717, 1.165) is 57.8 Å². The van der Waals surface area contributed by atoms with Gasteiger partial charge in [-0.1, -0.05) is 229 Å². The maximum absolute atomic E-state index is 12.6. The van der Waals surface area contributed by atoms with Gasteiger partial charge in [0.2, 0.25) is 5.91 Å². The van der Waals surface area contributed by atoms with Gasteiger partial charge >= 0.3 is 0 Å². The largest absolute Gasteiger partial charge is 0.394 e. The molecule has 368 valence electrons. The van der Waals surface area contributed by atoms with Crippen molar-refractivity contribution in [3.63, 3.8) is 0 Å². The van der Waals surface area contributed by atoms with E-state index >= 15 is 0 Å². The highest BCUT2D eigenvalue weighted by atomic mass is 16.3. The lowest BCUT2D eigenvalue weighted by atomic mass is 10.00. The number of carbonyl (C=O) groups excluding carboxylic acids is 1. The first-order chi connectivity index (χ1) is 31.0. The SMILES string of the molecule is CCCCCCCCCC/C=C/CC/C=C/CC/C=C/CCCC(O)C(O)C(CO)NC(=O)C(O)CCCCCCCCCCCC/C=C\C/C=C\CCCCCCCCCCC. The summed E-state index contributed by atoms with van der Waals surface area (Å²) < 4.78 is 0. The van der Waals surface area contributed by atoms with Crippen LogP contribution in [0.25, 0.3) is 0 Å². The highest BCUT2D eigenvalue weighted by Crippen LogP contribution is 2.16. The molecule has 0 aromatic heterocycles. The monoisotopic (exact) mass is 884 g/mol. The van der Waals surface area contributed by atoms with E-state index in [-0.39, 0.29) is 0 Å². The molecule has 0 aliphatic heterocycles. The molecule has 0 spiro atoms. The molecule has 1 amide bonds. The molecule has 0 fully saturated rings. The summed E-state index contributed by atoms with van der Waals surface area (Å²) in [7, 11) is 0. The van der Waals surface area contributed by atoms with Crippen LogP contribution < -0.4 is 5.32 Å². The third-order valence-electron chi connectivity index (χ3n) is 12.4. The van der Waals surface area contributed by atoms with Crippen molar-refractivity contribution in [1.82, 2.24) is 5.32 Å². The molecule has 4 unspecified atom stereocenters. The lowest BCUT2D eigenvalue weighted by molar-refractivity contribution is -0.132. The first-order valence-corrected chi connectivity index (χ1v) is 27.2. The highest BCUT2D eigenvalue weighted by molar-refractivity contribution is 5.80. The molecule has 6 nitrogen and oxygen atoms in total. The summed E-state index contributed by atoms with van der Waals surface area (Å²) in [4.78, 5) is 12.6. The van der Waals surface area contributed by atoms with Crippen LogP contribution in [0.5, 0.6) is 0 Å². The number of nitrogens with one attached hydrogen (secondary N) is 1. The summed E-state index contributed by atoms with van der Waals surface area (Å²) in [5.74, 6) is -0.602. The second-order valence-electron chi connectivity index (χ2n) is 18.5. The quantitative estimate of drug-likeness (QED) is 0.0309. The predicted octanol–water partition coefficient (Wildman–Crippen LogP) is 15.6. The number of aliphatic hydroxyl groups excluding tert-OH is 4. The first kappa shape index (κ1) is 61.0. The number of unbranched alkanes of at least 4 members (excludes halogenated alkanes) is 30.